The van der Waals surface area contributed by atoms with Crippen molar-refractivity contribution in [2.75, 3.05) is 0 Å². The fourth-order valence-electron chi connectivity index (χ4n) is 2.71. The summed E-state index contributed by atoms with van der Waals surface area (Å²) in [7, 11) is 0. The predicted molar refractivity (Wildman–Crippen MR) is 74.8 cm³/mol. The molecule has 5 nitrogen and oxygen atoms in total. The van der Waals surface area contributed by atoms with E-state index in [2.05, 4.69) is 10.3 Å². The molecule has 126 valence electrons. The lowest BCUT2D eigenvalue weighted by atomic mass is 9.90. The molecule has 2 rings (SSSR count). The Kier molecular flexibility index (Phi) is 4.91. The van der Waals surface area contributed by atoms with Crippen LogP contribution in [0.4, 0.5) is 13.2 Å². The largest absolute Gasteiger partial charge is 0.480 e. The van der Waals surface area contributed by atoms with Gasteiger partial charge in [0, 0.05) is 6.20 Å². The molecule has 0 atom stereocenters. The summed E-state index contributed by atoms with van der Waals surface area (Å²) in [5.41, 5.74) is -2.56. The quantitative estimate of drug-likeness (QED) is 0.835. The van der Waals surface area contributed by atoms with Crippen molar-refractivity contribution >= 4 is 11.9 Å². The normalized spacial score (nSPS) is 18.0. The third-order valence-electron chi connectivity index (χ3n) is 4.04. The van der Waals surface area contributed by atoms with Gasteiger partial charge in [-0.3, -0.25) is 9.78 Å². The topological polar surface area (TPSA) is 79.3 Å². The molecular weight excluding hydrogens is 313 g/mol. The van der Waals surface area contributed by atoms with Gasteiger partial charge < -0.3 is 10.4 Å². The van der Waals surface area contributed by atoms with Crippen LogP contribution in [0.15, 0.2) is 18.3 Å². The Morgan fingerprint density at radius 3 is 2.17 bits per heavy atom. The lowest BCUT2D eigenvalue weighted by molar-refractivity contribution is -0.145. The van der Waals surface area contributed by atoms with Crippen molar-refractivity contribution in [3.63, 3.8) is 0 Å². The van der Waals surface area contributed by atoms with E-state index in [1.807, 2.05) is 0 Å². The maximum absolute atomic E-state index is 12.5. The van der Waals surface area contributed by atoms with Crippen molar-refractivity contribution in [1.29, 1.82) is 0 Å². The Labute approximate surface area is 130 Å². The molecule has 0 radical (unpaired) electrons. The van der Waals surface area contributed by atoms with Crippen LogP contribution < -0.4 is 5.32 Å². The zero-order chi connectivity index (χ0) is 17.1. The van der Waals surface area contributed by atoms with E-state index in [1.54, 1.807) is 0 Å². The van der Waals surface area contributed by atoms with Crippen molar-refractivity contribution in [3.05, 3.63) is 29.6 Å². The molecule has 0 aromatic carbocycles. The third-order valence-corrected chi connectivity index (χ3v) is 4.04. The first kappa shape index (κ1) is 17.2. The number of alkyl halides is 3. The Hall–Kier alpha value is -2.12. The standard InChI is InChI=1S/C15H17F3N2O3/c16-15(17,18)11-6-5-10(9-19-11)12(21)20-14(13(22)23)7-3-1-2-4-8-14/h5-6,9H,1-4,7-8H2,(H,20,21)(H,22,23). The summed E-state index contributed by atoms with van der Waals surface area (Å²) in [6, 6.07) is 1.70. The summed E-state index contributed by atoms with van der Waals surface area (Å²) in [6.07, 6.45) is -0.0115. The predicted octanol–water partition coefficient (Wildman–Crippen LogP) is 3.01. The molecule has 0 bridgehead atoms. The van der Waals surface area contributed by atoms with Gasteiger partial charge in [0.1, 0.15) is 11.2 Å². The molecule has 0 aliphatic heterocycles. The molecule has 1 saturated carbocycles. The van der Waals surface area contributed by atoms with Gasteiger partial charge in [0.25, 0.3) is 5.91 Å². The molecule has 8 heteroatoms. The highest BCUT2D eigenvalue weighted by molar-refractivity contribution is 5.97. The Morgan fingerprint density at radius 2 is 1.74 bits per heavy atom. The monoisotopic (exact) mass is 330 g/mol. The molecule has 0 unspecified atom stereocenters. The van der Waals surface area contributed by atoms with Gasteiger partial charge in [-0.2, -0.15) is 13.2 Å². The van der Waals surface area contributed by atoms with E-state index in [1.165, 1.54) is 0 Å². The van der Waals surface area contributed by atoms with Crippen LogP contribution in [0.5, 0.6) is 0 Å². The van der Waals surface area contributed by atoms with E-state index in [9.17, 15) is 27.9 Å². The average molecular weight is 330 g/mol. The molecule has 23 heavy (non-hydrogen) atoms. The smallest absolute Gasteiger partial charge is 0.433 e. The second-order valence-electron chi connectivity index (χ2n) is 5.69. The van der Waals surface area contributed by atoms with E-state index < -0.39 is 29.3 Å². The van der Waals surface area contributed by atoms with E-state index in [0.717, 1.165) is 25.1 Å². The third kappa shape index (κ3) is 4.00. The molecule has 1 aromatic heterocycles. The number of carbonyl (C=O) groups is 2. The molecule has 0 spiro atoms. The van der Waals surface area contributed by atoms with Crippen LogP contribution in [0, 0.1) is 0 Å². The lowest BCUT2D eigenvalue weighted by Gasteiger charge is -2.29. The number of amides is 1. The molecule has 1 aromatic rings. The molecular formula is C15H17F3N2O3. The van der Waals surface area contributed by atoms with Crippen LogP contribution in [-0.4, -0.2) is 27.5 Å². The SMILES string of the molecule is O=C(NC1(C(=O)O)CCCCCC1)c1ccc(C(F)(F)F)nc1. The van der Waals surface area contributed by atoms with Gasteiger partial charge >= 0.3 is 12.1 Å². The highest BCUT2D eigenvalue weighted by atomic mass is 19.4. The number of hydrogen-bond acceptors (Lipinski definition) is 3. The summed E-state index contributed by atoms with van der Waals surface area (Å²) >= 11 is 0. The maximum Gasteiger partial charge on any atom is 0.433 e. The van der Waals surface area contributed by atoms with Gasteiger partial charge in [0.05, 0.1) is 5.56 Å². The number of hydrogen-bond donors (Lipinski definition) is 2. The summed E-state index contributed by atoms with van der Waals surface area (Å²) < 4.78 is 37.4. The number of carboxylic acids is 1. The minimum Gasteiger partial charge on any atom is -0.480 e. The van der Waals surface area contributed by atoms with Gasteiger partial charge in [-0.1, -0.05) is 25.7 Å². The molecule has 2 N–H and O–H groups in total. The first-order chi connectivity index (χ1) is 10.7. The number of carboxylic acid groups (broad SMARTS) is 1. The van der Waals surface area contributed by atoms with E-state index in [4.69, 9.17) is 0 Å². The minimum atomic E-state index is -4.58. The van der Waals surface area contributed by atoms with Gasteiger partial charge in [-0.15, -0.1) is 0 Å². The number of nitrogens with one attached hydrogen (secondary N) is 1. The number of aliphatic carboxylic acids is 1. The van der Waals surface area contributed by atoms with Gasteiger partial charge in [0.15, 0.2) is 0 Å². The first-order valence-corrected chi connectivity index (χ1v) is 7.34. The zero-order valence-electron chi connectivity index (χ0n) is 12.3. The fraction of sp³-hybridized carbons (Fsp3) is 0.533. The summed E-state index contributed by atoms with van der Waals surface area (Å²) in [5, 5.41) is 12.0. The molecule has 1 aliphatic rings. The van der Waals surface area contributed by atoms with Crippen LogP contribution in [0.3, 0.4) is 0 Å². The lowest BCUT2D eigenvalue weighted by Crippen LogP contribution is -2.54. The number of nitrogens with zero attached hydrogens (tertiary/aromatic N) is 1. The number of aromatic nitrogens is 1. The molecule has 1 heterocycles. The summed E-state index contributed by atoms with van der Waals surface area (Å²) in [4.78, 5) is 27.0. The van der Waals surface area contributed by atoms with Crippen LogP contribution >= 0.6 is 0 Å². The number of halogens is 3. The number of rotatable bonds is 3. The minimum absolute atomic E-state index is 0.0946. The molecule has 0 saturated heterocycles. The average Bonchev–Trinajstić information content (AvgIpc) is 2.73. The molecule has 1 fully saturated rings. The summed E-state index contributed by atoms with van der Waals surface area (Å²) in [5.74, 6) is -1.84. The van der Waals surface area contributed by atoms with Crippen LogP contribution in [0.2, 0.25) is 0 Å². The van der Waals surface area contributed by atoms with Crippen molar-refractivity contribution in [1.82, 2.24) is 10.3 Å². The van der Waals surface area contributed by atoms with E-state index in [-0.39, 0.29) is 5.56 Å². The summed E-state index contributed by atoms with van der Waals surface area (Å²) in [6.45, 7) is 0. The van der Waals surface area contributed by atoms with Gasteiger partial charge in [-0.25, -0.2) is 4.79 Å². The highest BCUT2D eigenvalue weighted by Crippen LogP contribution is 2.29. The maximum atomic E-state index is 12.5. The van der Waals surface area contributed by atoms with Crippen LogP contribution in [0.25, 0.3) is 0 Å². The Morgan fingerprint density at radius 1 is 1.13 bits per heavy atom. The fourth-order valence-corrected chi connectivity index (χ4v) is 2.71. The van der Waals surface area contributed by atoms with Crippen molar-refractivity contribution < 1.29 is 27.9 Å². The second kappa shape index (κ2) is 6.55. The molecule has 1 aliphatic carbocycles. The Bertz CT molecular complexity index is 577. The van der Waals surface area contributed by atoms with Gasteiger partial charge in [-0.05, 0) is 25.0 Å². The Balaban J connectivity index is 2.17. The second-order valence-corrected chi connectivity index (χ2v) is 5.69. The first-order valence-electron chi connectivity index (χ1n) is 7.34. The zero-order valence-corrected chi connectivity index (χ0v) is 12.3. The molecule has 1 amide bonds. The van der Waals surface area contributed by atoms with Crippen LogP contribution in [-0.2, 0) is 11.0 Å². The van der Waals surface area contributed by atoms with Gasteiger partial charge in [0.2, 0.25) is 0 Å². The van der Waals surface area contributed by atoms with E-state index >= 15 is 0 Å². The highest BCUT2D eigenvalue weighted by Gasteiger charge is 2.40. The number of pyridine rings is 1. The van der Waals surface area contributed by atoms with Crippen LogP contribution in [0.1, 0.15) is 54.6 Å². The number of carbonyl (C=O) groups excluding carboxylic acids is 1. The van der Waals surface area contributed by atoms with Crippen molar-refractivity contribution in [3.8, 4) is 0 Å². The van der Waals surface area contributed by atoms with Crippen molar-refractivity contribution in [2.45, 2.75) is 50.2 Å². The van der Waals surface area contributed by atoms with E-state index in [0.29, 0.717) is 31.7 Å². The van der Waals surface area contributed by atoms with Crippen molar-refractivity contribution in [2.24, 2.45) is 0 Å².